The van der Waals surface area contributed by atoms with Gasteiger partial charge in [-0.3, -0.25) is 0 Å². The van der Waals surface area contributed by atoms with E-state index in [1.807, 2.05) is 37.3 Å². The standard InChI is InChI=1S/C21H21N3S/c1-15-8-6-12-18(14-15)19(17-10-4-3-5-11-17)23-21(25)24-20-16(2)9-7-13-22-20/h3-14,19H,1-2H3,(H2,22,23,24,25)/t19-/m0/s1. The summed E-state index contributed by atoms with van der Waals surface area (Å²) in [6.45, 7) is 4.10. The molecule has 1 heterocycles. The van der Waals surface area contributed by atoms with Crippen molar-refractivity contribution in [2.75, 3.05) is 5.32 Å². The average Bonchev–Trinajstić information content (AvgIpc) is 2.62. The quantitative estimate of drug-likeness (QED) is 0.666. The van der Waals surface area contributed by atoms with Crippen LogP contribution in [0.2, 0.25) is 0 Å². The molecule has 2 aromatic carbocycles. The highest BCUT2D eigenvalue weighted by Gasteiger charge is 2.15. The van der Waals surface area contributed by atoms with Crippen molar-refractivity contribution in [3.8, 4) is 0 Å². The van der Waals surface area contributed by atoms with E-state index in [-0.39, 0.29) is 6.04 Å². The van der Waals surface area contributed by atoms with E-state index in [0.29, 0.717) is 5.11 Å². The molecule has 0 radical (unpaired) electrons. The molecule has 3 aromatic rings. The molecule has 25 heavy (non-hydrogen) atoms. The summed E-state index contributed by atoms with van der Waals surface area (Å²) in [4.78, 5) is 4.35. The van der Waals surface area contributed by atoms with Gasteiger partial charge in [-0.2, -0.15) is 0 Å². The molecular formula is C21H21N3S. The first kappa shape index (κ1) is 17.1. The number of aryl methyl sites for hydroxylation is 2. The van der Waals surface area contributed by atoms with Gasteiger partial charge < -0.3 is 10.6 Å². The molecule has 0 unspecified atom stereocenters. The smallest absolute Gasteiger partial charge is 0.172 e. The van der Waals surface area contributed by atoms with E-state index in [2.05, 4.69) is 58.9 Å². The second-order valence-electron chi connectivity index (χ2n) is 6.03. The van der Waals surface area contributed by atoms with Crippen LogP contribution >= 0.6 is 12.2 Å². The van der Waals surface area contributed by atoms with E-state index in [1.165, 1.54) is 11.1 Å². The van der Waals surface area contributed by atoms with Crippen molar-refractivity contribution in [1.82, 2.24) is 10.3 Å². The lowest BCUT2D eigenvalue weighted by Gasteiger charge is -2.22. The Morgan fingerprint density at radius 2 is 1.68 bits per heavy atom. The summed E-state index contributed by atoms with van der Waals surface area (Å²) < 4.78 is 0. The Kier molecular flexibility index (Phi) is 5.41. The van der Waals surface area contributed by atoms with Gasteiger partial charge in [-0.1, -0.05) is 66.2 Å². The molecule has 1 atom stereocenters. The van der Waals surface area contributed by atoms with Crippen molar-refractivity contribution in [3.05, 3.63) is 95.2 Å². The average molecular weight is 347 g/mol. The van der Waals surface area contributed by atoms with Gasteiger partial charge in [0, 0.05) is 6.20 Å². The highest BCUT2D eigenvalue weighted by atomic mass is 32.1. The minimum Gasteiger partial charge on any atom is -0.351 e. The van der Waals surface area contributed by atoms with Crippen LogP contribution in [-0.2, 0) is 0 Å². The maximum atomic E-state index is 5.54. The third kappa shape index (κ3) is 4.43. The number of thiocarbonyl (C=S) groups is 1. The van der Waals surface area contributed by atoms with Gasteiger partial charge in [-0.25, -0.2) is 4.98 Å². The second-order valence-corrected chi connectivity index (χ2v) is 6.43. The number of nitrogens with zero attached hydrogens (tertiary/aromatic N) is 1. The van der Waals surface area contributed by atoms with Crippen LogP contribution in [0.3, 0.4) is 0 Å². The SMILES string of the molecule is Cc1cccc([C@@H](NC(=S)Nc2ncccc2C)c2ccccc2)c1. The summed E-state index contributed by atoms with van der Waals surface area (Å²) in [6.07, 6.45) is 1.76. The van der Waals surface area contributed by atoms with Crippen molar-refractivity contribution in [2.45, 2.75) is 19.9 Å². The van der Waals surface area contributed by atoms with Gasteiger partial charge in [-0.05, 0) is 48.8 Å². The molecular weight excluding hydrogens is 326 g/mol. The molecule has 0 saturated heterocycles. The third-order valence-electron chi connectivity index (χ3n) is 4.03. The zero-order valence-corrected chi connectivity index (χ0v) is 15.2. The molecule has 1 aromatic heterocycles. The van der Waals surface area contributed by atoms with Gasteiger partial charge in [0.1, 0.15) is 5.82 Å². The van der Waals surface area contributed by atoms with Crippen LogP contribution < -0.4 is 10.6 Å². The molecule has 0 aliphatic heterocycles. The fourth-order valence-electron chi connectivity index (χ4n) is 2.75. The van der Waals surface area contributed by atoms with Crippen LogP contribution in [0, 0.1) is 13.8 Å². The number of aromatic nitrogens is 1. The molecule has 0 fully saturated rings. The molecule has 4 heteroatoms. The first-order chi connectivity index (χ1) is 12.1. The lowest BCUT2D eigenvalue weighted by Crippen LogP contribution is -2.33. The van der Waals surface area contributed by atoms with Gasteiger partial charge in [0.25, 0.3) is 0 Å². The molecule has 0 aliphatic carbocycles. The van der Waals surface area contributed by atoms with E-state index in [0.717, 1.165) is 16.9 Å². The van der Waals surface area contributed by atoms with Gasteiger partial charge in [0.15, 0.2) is 5.11 Å². The number of hydrogen-bond acceptors (Lipinski definition) is 2. The van der Waals surface area contributed by atoms with Crippen molar-refractivity contribution >= 4 is 23.1 Å². The number of benzene rings is 2. The highest BCUT2D eigenvalue weighted by molar-refractivity contribution is 7.80. The highest BCUT2D eigenvalue weighted by Crippen LogP contribution is 2.23. The van der Waals surface area contributed by atoms with Crippen LogP contribution in [0.4, 0.5) is 5.82 Å². The number of nitrogens with one attached hydrogen (secondary N) is 2. The van der Waals surface area contributed by atoms with Crippen LogP contribution in [0.1, 0.15) is 28.3 Å². The normalized spacial score (nSPS) is 11.6. The van der Waals surface area contributed by atoms with Crippen molar-refractivity contribution in [3.63, 3.8) is 0 Å². The number of rotatable bonds is 4. The number of hydrogen-bond donors (Lipinski definition) is 2. The van der Waals surface area contributed by atoms with Crippen LogP contribution in [0.15, 0.2) is 72.9 Å². The summed E-state index contributed by atoms with van der Waals surface area (Å²) in [5, 5.41) is 7.19. The maximum Gasteiger partial charge on any atom is 0.172 e. The Morgan fingerprint density at radius 1 is 0.920 bits per heavy atom. The molecule has 2 N–H and O–H groups in total. The largest absolute Gasteiger partial charge is 0.351 e. The molecule has 0 bridgehead atoms. The van der Waals surface area contributed by atoms with E-state index in [1.54, 1.807) is 6.20 Å². The molecule has 0 aliphatic rings. The zero-order chi connectivity index (χ0) is 17.6. The molecule has 3 rings (SSSR count). The fourth-order valence-corrected chi connectivity index (χ4v) is 2.96. The van der Waals surface area contributed by atoms with Crippen LogP contribution in [0.5, 0.6) is 0 Å². The van der Waals surface area contributed by atoms with Crippen LogP contribution in [0.25, 0.3) is 0 Å². The molecule has 126 valence electrons. The topological polar surface area (TPSA) is 37.0 Å². The minimum atomic E-state index is -0.0230. The Hall–Kier alpha value is -2.72. The Labute approximate surface area is 154 Å². The Bertz CT molecular complexity index is 862. The van der Waals surface area contributed by atoms with E-state index in [9.17, 15) is 0 Å². The van der Waals surface area contributed by atoms with Crippen molar-refractivity contribution in [2.24, 2.45) is 0 Å². The van der Waals surface area contributed by atoms with Gasteiger partial charge in [-0.15, -0.1) is 0 Å². The Balaban J connectivity index is 1.85. The number of pyridine rings is 1. The Morgan fingerprint density at radius 3 is 2.40 bits per heavy atom. The second kappa shape index (κ2) is 7.90. The summed E-state index contributed by atoms with van der Waals surface area (Å²) in [5.41, 5.74) is 4.61. The van der Waals surface area contributed by atoms with E-state index >= 15 is 0 Å². The molecule has 0 amide bonds. The van der Waals surface area contributed by atoms with Crippen molar-refractivity contribution < 1.29 is 0 Å². The van der Waals surface area contributed by atoms with E-state index in [4.69, 9.17) is 12.2 Å². The van der Waals surface area contributed by atoms with Crippen LogP contribution in [-0.4, -0.2) is 10.1 Å². The summed E-state index contributed by atoms with van der Waals surface area (Å²) in [7, 11) is 0. The first-order valence-corrected chi connectivity index (χ1v) is 8.65. The fraction of sp³-hybridized carbons (Fsp3) is 0.143. The first-order valence-electron chi connectivity index (χ1n) is 8.24. The summed E-state index contributed by atoms with van der Waals surface area (Å²) in [5.74, 6) is 0.774. The van der Waals surface area contributed by atoms with Crippen molar-refractivity contribution in [1.29, 1.82) is 0 Å². The van der Waals surface area contributed by atoms with Gasteiger partial charge in [0.05, 0.1) is 6.04 Å². The molecule has 0 saturated carbocycles. The summed E-state index contributed by atoms with van der Waals surface area (Å²) >= 11 is 5.54. The predicted molar refractivity (Wildman–Crippen MR) is 108 cm³/mol. The third-order valence-corrected chi connectivity index (χ3v) is 4.25. The van der Waals surface area contributed by atoms with Gasteiger partial charge >= 0.3 is 0 Å². The number of anilines is 1. The molecule has 3 nitrogen and oxygen atoms in total. The van der Waals surface area contributed by atoms with E-state index < -0.39 is 0 Å². The van der Waals surface area contributed by atoms with Gasteiger partial charge in [0.2, 0.25) is 0 Å². The maximum absolute atomic E-state index is 5.54. The summed E-state index contributed by atoms with van der Waals surface area (Å²) in [6, 6.07) is 22.7. The lowest BCUT2D eigenvalue weighted by atomic mass is 9.97. The predicted octanol–water partition coefficient (Wildman–Crippen LogP) is 4.77. The zero-order valence-electron chi connectivity index (χ0n) is 14.4. The molecule has 0 spiro atoms. The minimum absolute atomic E-state index is 0.0230. The lowest BCUT2D eigenvalue weighted by molar-refractivity contribution is 0.767. The monoisotopic (exact) mass is 347 g/mol.